The van der Waals surface area contributed by atoms with E-state index in [9.17, 15) is 4.79 Å². The third-order valence-electron chi connectivity index (χ3n) is 3.69. The predicted octanol–water partition coefficient (Wildman–Crippen LogP) is 0.979. The summed E-state index contributed by atoms with van der Waals surface area (Å²) in [5.41, 5.74) is 13.3. The molecule has 0 saturated carbocycles. The van der Waals surface area contributed by atoms with Gasteiger partial charge >= 0.3 is 0 Å². The van der Waals surface area contributed by atoms with E-state index in [2.05, 4.69) is 4.90 Å². The minimum atomic E-state index is -0.445. The van der Waals surface area contributed by atoms with Crippen molar-refractivity contribution in [2.45, 2.75) is 25.5 Å². The summed E-state index contributed by atoms with van der Waals surface area (Å²) in [7, 11) is 1.76. The van der Waals surface area contributed by atoms with Crippen molar-refractivity contribution in [1.82, 2.24) is 4.90 Å². The van der Waals surface area contributed by atoms with Gasteiger partial charge in [-0.1, -0.05) is 6.07 Å². The molecular formula is C14H21N3O2. The third-order valence-corrected chi connectivity index (χ3v) is 3.69. The molecule has 1 heterocycles. The first-order valence-electron chi connectivity index (χ1n) is 6.53. The Morgan fingerprint density at radius 1 is 1.42 bits per heavy atom. The summed E-state index contributed by atoms with van der Waals surface area (Å²) in [6.45, 7) is 2.83. The monoisotopic (exact) mass is 263 g/mol. The van der Waals surface area contributed by atoms with Crippen LogP contribution in [0.25, 0.3) is 0 Å². The smallest absolute Gasteiger partial charge is 0.248 e. The molecule has 0 atom stereocenters. The predicted molar refractivity (Wildman–Crippen MR) is 74.7 cm³/mol. The number of anilines is 1. The minimum absolute atomic E-state index is 0.380. The lowest BCUT2D eigenvalue weighted by atomic mass is 10.0. The molecule has 5 heteroatoms. The molecule has 1 aromatic carbocycles. The van der Waals surface area contributed by atoms with Crippen LogP contribution in [0.15, 0.2) is 18.2 Å². The van der Waals surface area contributed by atoms with Gasteiger partial charge in [-0.3, -0.25) is 9.69 Å². The molecule has 19 heavy (non-hydrogen) atoms. The molecule has 1 aliphatic rings. The Balaban J connectivity index is 1.98. The molecule has 2 rings (SSSR count). The van der Waals surface area contributed by atoms with E-state index in [1.807, 2.05) is 6.07 Å². The highest BCUT2D eigenvalue weighted by Gasteiger charge is 2.19. The van der Waals surface area contributed by atoms with Crippen LogP contribution in [0, 0.1) is 0 Å². The number of benzene rings is 1. The van der Waals surface area contributed by atoms with Gasteiger partial charge in [0.25, 0.3) is 0 Å². The van der Waals surface area contributed by atoms with E-state index in [1.165, 1.54) is 0 Å². The molecule has 0 bridgehead atoms. The van der Waals surface area contributed by atoms with Crippen LogP contribution in [0.4, 0.5) is 5.69 Å². The molecule has 1 amide bonds. The number of nitrogens with two attached hydrogens (primary N) is 2. The van der Waals surface area contributed by atoms with E-state index in [-0.39, 0.29) is 0 Å². The molecule has 0 radical (unpaired) electrons. The lowest BCUT2D eigenvalue weighted by molar-refractivity contribution is 0.0389. The number of hydrogen-bond acceptors (Lipinski definition) is 4. The molecule has 1 fully saturated rings. The largest absolute Gasteiger partial charge is 0.398 e. The normalized spacial score (nSPS) is 17.5. The Bertz CT molecular complexity index is 454. The van der Waals surface area contributed by atoms with Crippen molar-refractivity contribution in [3.05, 3.63) is 29.3 Å². The zero-order valence-corrected chi connectivity index (χ0v) is 11.3. The number of methoxy groups -OCH3 is 1. The molecule has 1 aromatic rings. The molecule has 1 saturated heterocycles. The van der Waals surface area contributed by atoms with Gasteiger partial charge in [0, 0.05) is 38.0 Å². The van der Waals surface area contributed by atoms with Crippen molar-refractivity contribution >= 4 is 11.6 Å². The van der Waals surface area contributed by atoms with Gasteiger partial charge in [0.05, 0.1) is 6.10 Å². The molecule has 4 N–H and O–H groups in total. The SMILES string of the molecule is COC1CCN(Cc2ccc(C(N)=O)cc2N)CC1. The fourth-order valence-corrected chi connectivity index (χ4v) is 2.44. The maximum Gasteiger partial charge on any atom is 0.248 e. The van der Waals surface area contributed by atoms with Crippen LogP contribution in [0.5, 0.6) is 0 Å². The topological polar surface area (TPSA) is 81.6 Å². The average Bonchev–Trinajstić information content (AvgIpc) is 2.41. The van der Waals surface area contributed by atoms with Gasteiger partial charge in [0.1, 0.15) is 0 Å². The Morgan fingerprint density at radius 2 is 2.11 bits per heavy atom. The lowest BCUT2D eigenvalue weighted by Gasteiger charge is -2.31. The average molecular weight is 263 g/mol. The summed E-state index contributed by atoms with van der Waals surface area (Å²) >= 11 is 0. The second-order valence-corrected chi connectivity index (χ2v) is 4.99. The highest BCUT2D eigenvalue weighted by atomic mass is 16.5. The number of nitrogens with zero attached hydrogens (tertiary/aromatic N) is 1. The first-order valence-corrected chi connectivity index (χ1v) is 6.53. The van der Waals surface area contributed by atoms with Gasteiger partial charge < -0.3 is 16.2 Å². The molecule has 5 nitrogen and oxygen atoms in total. The molecule has 1 aliphatic heterocycles. The number of ether oxygens (including phenoxy) is 1. The Kier molecular flexibility index (Phi) is 4.39. The number of rotatable bonds is 4. The van der Waals surface area contributed by atoms with Crippen molar-refractivity contribution in [2.24, 2.45) is 5.73 Å². The summed E-state index contributed by atoms with van der Waals surface area (Å²) in [5, 5.41) is 0. The Morgan fingerprint density at radius 3 is 2.63 bits per heavy atom. The number of hydrogen-bond donors (Lipinski definition) is 2. The number of carbonyl (C=O) groups excluding carboxylic acids is 1. The zero-order chi connectivity index (χ0) is 13.8. The third kappa shape index (κ3) is 3.45. The van der Waals surface area contributed by atoms with Crippen molar-refractivity contribution in [1.29, 1.82) is 0 Å². The lowest BCUT2D eigenvalue weighted by Crippen LogP contribution is -2.36. The first-order chi connectivity index (χ1) is 9.10. The van der Waals surface area contributed by atoms with E-state index in [0.717, 1.165) is 38.0 Å². The standard InChI is InChI=1S/C14H21N3O2/c1-19-12-4-6-17(7-5-12)9-11-3-2-10(14(16)18)8-13(11)15/h2-3,8,12H,4-7,9,15H2,1H3,(H2,16,18). The van der Waals surface area contributed by atoms with E-state index in [1.54, 1.807) is 19.2 Å². The van der Waals surface area contributed by atoms with Crippen LogP contribution >= 0.6 is 0 Å². The quantitative estimate of drug-likeness (QED) is 0.793. The maximum absolute atomic E-state index is 11.1. The van der Waals surface area contributed by atoms with E-state index >= 15 is 0 Å². The minimum Gasteiger partial charge on any atom is -0.398 e. The highest BCUT2D eigenvalue weighted by Crippen LogP contribution is 2.20. The van der Waals surface area contributed by atoms with Crippen LogP contribution in [0.3, 0.4) is 0 Å². The van der Waals surface area contributed by atoms with Crippen LogP contribution in [0.2, 0.25) is 0 Å². The van der Waals surface area contributed by atoms with Crippen molar-refractivity contribution in [3.8, 4) is 0 Å². The molecular weight excluding hydrogens is 242 g/mol. The van der Waals surface area contributed by atoms with Crippen LogP contribution in [-0.2, 0) is 11.3 Å². The molecule has 0 aliphatic carbocycles. The molecule has 0 unspecified atom stereocenters. The second-order valence-electron chi connectivity index (χ2n) is 4.99. The number of carbonyl (C=O) groups is 1. The van der Waals surface area contributed by atoms with Crippen molar-refractivity contribution in [2.75, 3.05) is 25.9 Å². The van der Waals surface area contributed by atoms with Gasteiger partial charge in [-0.15, -0.1) is 0 Å². The van der Waals surface area contributed by atoms with E-state index < -0.39 is 5.91 Å². The summed E-state index contributed by atoms with van der Waals surface area (Å²) in [6, 6.07) is 5.27. The maximum atomic E-state index is 11.1. The van der Waals surface area contributed by atoms with E-state index in [4.69, 9.17) is 16.2 Å². The number of primary amides is 1. The summed E-state index contributed by atoms with van der Waals surface area (Å²) < 4.78 is 5.35. The molecule has 0 aromatic heterocycles. The second kappa shape index (κ2) is 6.04. The van der Waals surface area contributed by atoms with Gasteiger partial charge in [-0.2, -0.15) is 0 Å². The fourth-order valence-electron chi connectivity index (χ4n) is 2.44. The van der Waals surface area contributed by atoms with Crippen LogP contribution in [-0.4, -0.2) is 37.1 Å². The zero-order valence-electron chi connectivity index (χ0n) is 11.3. The summed E-state index contributed by atoms with van der Waals surface area (Å²) in [6.07, 6.45) is 2.48. The number of piperidine rings is 1. The van der Waals surface area contributed by atoms with Gasteiger partial charge in [0.2, 0.25) is 5.91 Å². The van der Waals surface area contributed by atoms with E-state index in [0.29, 0.717) is 17.4 Å². The molecule has 0 spiro atoms. The number of amides is 1. The Labute approximate surface area is 113 Å². The summed E-state index contributed by atoms with van der Waals surface area (Å²) in [5.74, 6) is -0.445. The van der Waals surface area contributed by atoms with Crippen molar-refractivity contribution in [3.63, 3.8) is 0 Å². The molecule has 104 valence electrons. The van der Waals surface area contributed by atoms with Gasteiger partial charge in [0.15, 0.2) is 0 Å². The van der Waals surface area contributed by atoms with Crippen molar-refractivity contribution < 1.29 is 9.53 Å². The Hall–Kier alpha value is -1.59. The van der Waals surface area contributed by atoms with Crippen LogP contribution in [0.1, 0.15) is 28.8 Å². The first kappa shape index (κ1) is 13.8. The highest BCUT2D eigenvalue weighted by molar-refractivity contribution is 5.93. The number of likely N-dealkylation sites (tertiary alicyclic amines) is 1. The van der Waals surface area contributed by atoms with Crippen LogP contribution < -0.4 is 11.5 Å². The van der Waals surface area contributed by atoms with Gasteiger partial charge in [-0.05, 0) is 30.5 Å². The van der Waals surface area contributed by atoms with Gasteiger partial charge in [-0.25, -0.2) is 0 Å². The number of nitrogen functional groups attached to an aromatic ring is 1. The fraction of sp³-hybridized carbons (Fsp3) is 0.500. The summed E-state index contributed by atoms with van der Waals surface area (Å²) in [4.78, 5) is 13.4.